The van der Waals surface area contributed by atoms with E-state index in [1.165, 1.54) is 19.1 Å². The lowest BCUT2D eigenvalue weighted by Gasteiger charge is -2.22. The van der Waals surface area contributed by atoms with Gasteiger partial charge in [0.25, 0.3) is 5.91 Å². The number of carbonyl (C=O) groups is 2. The van der Waals surface area contributed by atoms with Gasteiger partial charge in [0.05, 0.1) is 6.54 Å². The van der Waals surface area contributed by atoms with Crippen LogP contribution in [0.1, 0.15) is 18.2 Å². The van der Waals surface area contributed by atoms with Gasteiger partial charge in [-0.25, -0.2) is 4.79 Å². The normalized spacial score (nSPS) is 20.4. The third kappa shape index (κ3) is 3.44. The van der Waals surface area contributed by atoms with Crippen molar-refractivity contribution in [2.24, 2.45) is 0 Å². The largest absolute Gasteiger partial charge is 0.573 e. The highest BCUT2D eigenvalue weighted by atomic mass is 35.5. The number of carbonyl (C=O) groups excluding carboxylic acids is 2. The van der Waals surface area contributed by atoms with Crippen molar-refractivity contribution in [2.45, 2.75) is 25.4 Å². The average Bonchev–Trinajstić information content (AvgIpc) is 3.04. The molecule has 1 aliphatic heterocycles. The van der Waals surface area contributed by atoms with Crippen LogP contribution in [0.3, 0.4) is 0 Å². The van der Waals surface area contributed by atoms with Crippen molar-refractivity contribution in [3.05, 3.63) is 39.9 Å². The predicted molar refractivity (Wildman–Crippen MR) is 84.5 cm³/mol. The lowest BCUT2D eigenvalue weighted by molar-refractivity contribution is -0.274. The summed E-state index contributed by atoms with van der Waals surface area (Å²) in [7, 11) is 0. The van der Waals surface area contributed by atoms with E-state index in [2.05, 4.69) is 19.6 Å². The van der Waals surface area contributed by atoms with Gasteiger partial charge in [0.2, 0.25) is 0 Å². The van der Waals surface area contributed by atoms with Crippen LogP contribution in [0.5, 0.6) is 5.75 Å². The Hall–Kier alpha value is -2.40. The Kier molecular flexibility index (Phi) is 4.53. The van der Waals surface area contributed by atoms with E-state index in [9.17, 15) is 22.8 Å². The van der Waals surface area contributed by atoms with Gasteiger partial charge < -0.3 is 10.1 Å². The molecule has 2 aromatic rings. The van der Waals surface area contributed by atoms with E-state index in [0.717, 1.165) is 28.6 Å². The Balaban J connectivity index is 1.82. The first kappa shape index (κ1) is 18.4. The standard InChI is InChI=1S/C14H10ClF3N4O3S/c1-13(7-2-4-8(5-3-7)25-14(16,17)18)11(23)22(12(24)19-13)6-9-10(15)26-21-20-9/h2-5H,6H2,1H3,(H,19,24). The summed E-state index contributed by atoms with van der Waals surface area (Å²) < 4.78 is 44.4. The van der Waals surface area contributed by atoms with Gasteiger partial charge in [-0.1, -0.05) is 28.2 Å². The summed E-state index contributed by atoms with van der Waals surface area (Å²) >= 11 is 6.81. The number of ether oxygens (including phenoxy) is 1. The number of nitrogens with zero attached hydrogens (tertiary/aromatic N) is 3. The highest BCUT2D eigenvalue weighted by Crippen LogP contribution is 2.32. The molecule has 1 N–H and O–H groups in total. The summed E-state index contributed by atoms with van der Waals surface area (Å²) in [5.74, 6) is -1.02. The highest BCUT2D eigenvalue weighted by molar-refractivity contribution is 7.10. The maximum absolute atomic E-state index is 12.7. The maximum atomic E-state index is 12.7. The zero-order valence-electron chi connectivity index (χ0n) is 13.0. The lowest BCUT2D eigenvalue weighted by atomic mass is 9.92. The highest BCUT2D eigenvalue weighted by Gasteiger charge is 2.49. The van der Waals surface area contributed by atoms with Crippen LogP contribution in [-0.2, 0) is 16.9 Å². The average molecular weight is 407 g/mol. The van der Waals surface area contributed by atoms with Gasteiger partial charge in [-0.05, 0) is 24.6 Å². The first-order valence-corrected chi connectivity index (χ1v) is 8.22. The molecule has 1 aromatic carbocycles. The Morgan fingerprint density at radius 1 is 1.31 bits per heavy atom. The van der Waals surface area contributed by atoms with E-state index >= 15 is 0 Å². The van der Waals surface area contributed by atoms with Crippen LogP contribution >= 0.6 is 23.1 Å². The number of aromatic nitrogens is 2. The molecule has 0 aliphatic carbocycles. The zero-order valence-corrected chi connectivity index (χ0v) is 14.6. The molecule has 1 saturated heterocycles. The molecule has 138 valence electrons. The molecule has 1 aliphatic rings. The summed E-state index contributed by atoms with van der Waals surface area (Å²) in [4.78, 5) is 25.9. The minimum Gasteiger partial charge on any atom is -0.406 e. The third-order valence-electron chi connectivity index (χ3n) is 3.76. The SMILES string of the molecule is CC1(c2ccc(OC(F)(F)F)cc2)NC(=O)N(Cc2nnsc2Cl)C1=O. The number of halogens is 4. The molecule has 0 radical (unpaired) electrons. The topological polar surface area (TPSA) is 84.4 Å². The summed E-state index contributed by atoms with van der Waals surface area (Å²) in [6.45, 7) is 1.29. The molecule has 0 spiro atoms. The van der Waals surface area contributed by atoms with Crippen molar-refractivity contribution in [2.75, 3.05) is 0 Å². The molecule has 0 bridgehead atoms. The zero-order chi connectivity index (χ0) is 19.1. The summed E-state index contributed by atoms with van der Waals surface area (Å²) in [5.41, 5.74) is -0.863. The molecule has 2 heterocycles. The Morgan fingerprint density at radius 3 is 2.50 bits per heavy atom. The van der Waals surface area contributed by atoms with E-state index in [1.807, 2.05) is 0 Å². The van der Waals surface area contributed by atoms with Gasteiger partial charge in [0.15, 0.2) is 0 Å². The first-order valence-electron chi connectivity index (χ1n) is 7.07. The second kappa shape index (κ2) is 6.40. The van der Waals surface area contributed by atoms with Gasteiger partial charge in [-0.3, -0.25) is 9.69 Å². The van der Waals surface area contributed by atoms with Crippen molar-refractivity contribution >= 4 is 35.1 Å². The Morgan fingerprint density at radius 2 is 1.96 bits per heavy atom. The van der Waals surface area contributed by atoms with E-state index < -0.39 is 29.6 Å². The van der Waals surface area contributed by atoms with Crippen LogP contribution in [0.15, 0.2) is 24.3 Å². The Labute approximate surface area is 153 Å². The number of rotatable bonds is 4. The minimum absolute atomic E-state index is 0.162. The number of benzene rings is 1. The van der Waals surface area contributed by atoms with Gasteiger partial charge in [0.1, 0.15) is 21.3 Å². The third-order valence-corrected chi connectivity index (χ3v) is 4.74. The van der Waals surface area contributed by atoms with Gasteiger partial charge in [0, 0.05) is 11.5 Å². The van der Waals surface area contributed by atoms with Gasteiger partial charge in [-0.2, -0.15) is 0 Å². The number of alkyl halides is 3. The van der Waals surface area contributed by atoms with Crippen molar-refractivity contribution in [3.8, 4) is 5.75 Å². The molecule has 1 aromatic heterocycles. The van der Waals surface area contributed by atoms with E-state index in [1.54, 1.807) is 0 Å². The fraction of sp³-hybridized carbons (Fsp3) is 0.286. The Bertz CT molecular complexity index is 858. The summed E-state index contributed by atoms with van der Waals surface area (Å²) in [6.07, 6.45) is -4.82. The van der Waals surface area contributed by atoms with Gasteiger partial charge in [-0.15, -0.1) is 18.3 Å². The molecule has 0 saturated carbocycles. The number of amides is 3. The molecule has 12 heteroatoms. The van der Waals surface area contributed by atoms with Crippen LogP contribution < -0.4 is 10.1 Å². The number of imide groups is 1. The molecule has 1 fully saturated rings. The van der Waals surface area contributed by atoms with Crippen molar-refractivity contribution in [1.29, 1.82) is 0 Å². The summed E-state index contributed by atoms with van der Waals surface area (Å²) in [6, 6.07) is 4.02. The van der Waals surface area contributed by atoms with E-state index in [4.69, 9.17) is 11.6 Å². The van der Waals surface area contributed by atoms with Crippen molar-refractivity contribution < 1.29 is 27.5 Å². The van der Waals surface area contributed by atoms with E-state index in [-0.39, 0.29) is 16.6 Å². The monoisotopic (exact) mass is 406 g/mol. The predicted octanol–water partition coefficient (Wildman–Crippen LogP) is 3.06. The number of urea groups is 1. The smallest absolute Gasteiger partial charge is 0.406 e. The number of hydrogen-bond acceptors (Lipinski definition) is 6. The minimum atomic E-state index is -4.82. The second-order valence-electron chi connectivity index (χ2n) is 5.51. The van der Waals surface area contributed by atoms with Crippen molar-refractivity contribution in [3.63, 3.8) is 0 Å². The second-order valence-corrected chi connectivity index (χ2v) is 6.87. The fourth-order valence-corrected chi connectivity index (χ4v) is 3.08. The quantitative estimate of drug-likeness (QED) is 0.789. The molecular weight excluding hydrogens is 397 g/mol. The van der Waals surface area contributed by atoms with Crippen LogP contribution in [0.2, 0.25) is 4.34 Å². The van der Waals surface area contributed by atoms with Gasteiger partial charge >= 0.3 is 12.4 Å². The lowest BCUT2D eigenvalue weighted by Crippen LogP contribution is -2.40. The molecule has 1 atom stereocenters. The molecule has 3 amide bonds. The number of nitrogens with one attached hydrogen (secondary N) is 1. The molecule has 3 rings (SSSR count). The maximum Gasteiger partial charge on any atom is 0.573 e. The van der Waals surface area contributed by atoms with E-state index in [0.29, 0.717) is 5.56 Å². The van der Waals surface area contributed by atoms with Crippen LogP contribution in [0.25, 0.3) is 0 Å². The number of hydrogen-bond donors (Lipinski definition) is 1. The molecule has 26 heavy (non-hydrogen) atoms. The molecule has 7 nitrogen and oxygen atoms in total. The van der Waals surface area contributed by atoms with Crippen molar-refractivity contribution in [1.82, 2.24) is 19.8 Å². The fourth-order valence-electron chi connectivity index (χ4n) is 2.47. The molecular formula is C14H10ClF3N4O3S. The molecule has 1 unspecified atom stereocenters. The van der Waals surface area contributed by atoms with Crippen LogP contribution in [0.4, 0.5) is 18.0 Å². The van der Waals surface area contributed by atoms with Crippen LogP contribution in [0, 0.1) is 0 Å². The first-order chi connectivity index (χ1) is 12.1. The summed E-state index contributed by atoms with van der Waals surface area (Å²) in [5, 5.41) is 6.29. The van der Waals surface area contributed by atoms with Crippen LogP contribution in [-0.4, -0.2) is 32.8 Å².